The molecule has 3 aromatic rings. The van der Waals surface area contributed by atoms with Gasteiger partial charge in [0, 0.05) is 11.8 Å². The Labute approximate surface area is 194 Å². The largest absolute Gasteiger partial charge is 0.494 e. The summed E-state index contributed by atoms with van der Waals surface area (Å²) >= 11 is 0. The van der Waals surface area contributed by atoms with Crippen molar-refractivity contribution in [2.45, 2.75) is 33.7 Å². The smallest absolute Gasteiger partial charge is 0.278 e. The van der Waals surface area contributed by atoms with E-state index >= 15 is 0 Å². The number of imide groups is 1. The van der Waals surface area contributed by atoms with E-state index in [0.29, 0.717) is 23.6 Å². The zero-order valence-corrected chi connectivity index (χ0v) is 19.2. The van der Waals surface area contributed by atoms with Crippen LogP contribution in [0.5, 0.6) is 5.75 Å². The number of benzene rings is 3. The van der Waals surface area contributed by atoms with E-state index in [-0.39, 0.29) is 24.1 Å². The Morgan fingerprint density at radius 3 is 2.36 bits per heavy atom. The monoisotopic (exact) mass is 440 g/mol. The van der Waals surface area contributed by atoms with Gasteiger partial charge in [0.1, 0.15) is 11.4 Å². The normalized spacial score (nSPS) is 13.6. The molecule has 0 fully saturated rings. The molecule has 0 aliphatic carbocycles. The Bertz CT molecular complexity index is 1210. The summed E-state index contributed by atoms with van der Waals surface area (Å²) in [6.45, 7) is 6.91. The molecule has 0 atom stereocenters. The van der Waals surface area contributed by atoms with Crippen LogP contribution < -0.4 is 10.1 Å². The van der Waals surface area contributed by atoms with Gasteiger partial charge in [-0.25, -0.2) is 0 Å². The second-order valence-electron chi connectivity index (χ2n) is 8.23. The van der Waals surface area contributed by atoms with E-state index in [9.17, 15) is 9.59 Å². The van der Waals surface area contributed by atoms with Crippen molar-refractivity contribution in [3.05, 3.63) is 101 Å². The van der Waals surface area contributed by atoms with Gasteiger partial charge in [0.15, 0.2) is 0 Å². The Kier molecular flexibility index (Phi) is 6.59. The number of nitrogens with zero attached hydrogens (tertiary/aromatic N) is 1. The molecule has 33 heavy (non-hydrogen) atoms. The number of amides is 2. The third-order valence-electron chi connectivity index (χ3n) is 5.72. The van der Waals surface area contributed by atoms with Crippen LogP contribution in [-0.4, -0.2) is 23.3 Å². The van der Waals surface area contributed by atoms with Gasteiger partial charge in [-0.15, -0.1) is 0 Å². The van der Waals surface area contributed by atoms with E-state index in [0.717, 1.165) is 28.7 Å². The van der Waals surface area contributed by atoms with Gasteiger partial charge in [-0.1, -0.05) is 61.5 Å². The van der Waals surface area contributed by atoms with Crippen LogP contribution in [0.3, 0.4) is 0 Å². The lowest BCUT2D eigenvalue weighted by Gasteiger charge is -2.15. The molecule has 0 saturated heterocycles. The van der Waals surface area contributed by atoms with Gasteiger partial charge in [-0.05, 0) is 54.7 Å². The number of hydrogen-bond donors (Lipinski definition) is 1. The van der Waals surface area contributed by atoms with Crippen LogP contribution in [0.15, 0.2) is 78.5 Å². The van der Waals surface area contributed by atoms with Crippen molar-refractivity contribution in [1.82, 2.24) is 4.90 Å². The van der Waals surface area contributed by atoms with Crippen LogP contribution >= 0.6 is 0 Å². The summed E-state index contributed by atoms with van der Waals surface area (Å²) in [5.41, 5.74) is 5.19. The quantitative estimate of drug-likeness (QED) is 0.471. The number of carbonyl (C=O) groups excluding carboxylic acids is 2. The molecule has 0 radical (unpaired) electrons. The average Bonchev–Trinajstić information content (AvgIpc) is 3.04. The van der Waals surface area contributed by atoms with E-state index in [1.54, 1.807) is 0 Å². The standard InChI is InChI=1S/C28H28N2O3/c1-4-15-33-24-12-8-11-23(17-24)29-26-25(22-14-13-19(2)20(3)16-22)27(31)30(28(26)32)18-21-9-6-5-7-10-21/h5-14,16-17,29H,4,15,18H2,1-3H3. The lowest BCUT2D eigenvalue weighted by atomic mass is 9.99. The molecule has 5 nitrogen and oxygen atoms in total. The second kappa shape index (κ2) is 9.74. The fourth-order valence-electron chi connectivity index (χ4n) is 3.79. The van der Waals surface area contributed by atoms with E-state index in [4.69, 9.17) is 4.74 Å². The minimum absolute atomic E-state index is 0.220. The van der Waals surface area contributed by atoms with Gasteiger partial charge in [0.25, 0.3) is 11.8 Å². The van der Waals surface area contributed by atoms with Gasteiger partial charge in [0.05, 0.1) is 18.7 Å². The number of hydrogen-bond acceptors (Lipinski definition) is 4. The highest BCUT2D eigenvalue weighted by molar-refractivity contribution is 6.36. The molecule has 0 unspecified atom stereocenters. The highest BCUT2D eigenvalue weighted by Crippen LogP contribution is 2.33. The number of rotatable bonds is 8. The third kappa shape index (κ3) is 4.82. The number of aryl methyl sites for hydroxylation is 2. The van der Waals surface area contributed by atoms with Crippen LogP contribution in [0.25, 0.3) is 5.57 Å². The van der Waals surface area contributed by atoms with Gasteiger partial charge in [-0.2, -0.15) is 0 Å². The molecule has 5 heteroatoms. The minimum atomic E-state index is -0.336. The van der Waals surface area contributed by atoms with Crippen LogP contribution in [0.4, 0.5) is 5.69 Å². The Balaban J connectivity index is 1.73. The zero-order valence-electron chi connectivity index (χ0n) is 19.2. The summed E-state index contributed by atoms with van der Waals surface area (Å²) in [6.07, 6.45) is 0.904. The van der Waals surface area contributed by atoms with Crippen molar-refractivity contribution in [2.24, 2.45) is 0 Å². The Morgan fingerprint density at radius 2 is 1.64 bits per heavy atom. The first-order valence-corrected chi connectivity index (χ1v) is 11.2. The predicted molar refractivity (Wildman–Crippen MR) is 131 cm³/mol. The predicted octanol–water partition coefficient (Wildman–Crippen LogP) is 5.48. The maximum Gasteiger partial charge on any atom is 0.278 e. The molecular weight excluding hydrogens is 412 g/mol. The molecule has 168 valence electrons. The molecule has 0 aromatic heterocycles. The average molecular weight is 441 g/mol. The topological polar surface area (TPSA) is 58.6 Å². The van der Waals surface area contributed by atoms with Crippen LogP contribution in [0.1, 0.15) is 35.6 Å². The number of anilines is 1. The van der Waals surface area contributed by atoms with Crippen LogP contribution in [-0.2, 0) is 16.1 Å². The van der Waals surface area contributed by atoms with Gasteiger partial charge in [-0.3, -0.25) is 14.5 Å². The highest BCUT2D eigenvalue weighted by atomic mass is 16.5. The highest BCUT2D eigenvalue weighted by Gasteiger charge is 2.39. The maximum atomic E-state index is 13.5. The minimum Gasteiger partial charge on any atom is -0.494 e. The van der Waals surface area contributed by atoms with Crippen molar-refractivity contribution in [2.75, 3.05) is 11.9 Å². The number of ether oxygens (including phenoxy) is 1. The Morgan fingerprint density at radius 1 is 0.848 bits per heavy atom. The lowest BCUT2D eigenvalue weighted by molar-refractivity contribution is -0.137. The first-order valence-electron chi connectivity index (χ1n) is 11.2. The summed E-state index contributed by atoms with van der Waals surface area (Å²) < 4.78 is 5.73. The third-order valence-corrected chi connectivity index (χ3v) is 5.72. The van der Waals surface area contributed by atoms with Gasteiger partial charge in [0.2, 0.25) is 0 Å². The SMILES string of the molecule is CCCOc1cccc(NC2=C(c3ccc(C)c(C)c3)C(=O)N(Cc3ccccc3)C2=O)c1. The first kappa shape index (κ1) is 22.3. The molecule has 1 aliphatic heterocycles. The molecule has 0 bridgehead atoms. The molecule has 1 aliphatic rings. The molecule has 2 amide bonds. The van der Waals surface area contributed by atoms with Crippen molar-refractivity contribution < 1.29 is 14.3 Å². The van der Waals surface area contributed by atoms with E-state index < -0.39 is 0 Å². The first-order chi connectivity index (χ1) is 16.0. The molecule has 1 heterocycles. The second-order valence-corrected chi connectivity index (χ2v) is 8.23. The molecule has 1 N–H and O–H groups in total. The summed E-state index contributed by atoms with van der Waals surface area (Å²) in [5, 5.41) is 3.22. The number of carbonyl (C=O) groups is 2. The van der Waals surface area contributed by atoms with E-state index in [2.05, 4.69) is 5.32 Å². The fourth-order valence-corrected chi connectivity index (χ4v) is 3.79. The molecule has 4 rings (SSSR count). The summed E-state index contributed by atoms with van der Waals surface area (Å²) in [7, 11) is 0. The van der Waals surface area contributed by atoms with Crippen LogP contribution in [0, 0.1) is 13.8 Å². The molecule has 0 saturated carbocycles. The summed E-state index contributed by atoms with van der Waals surface area (Å²) in [4.78, 5) is 28.3. The van der Waals surface area contributed by atoms with Crippen molar-refractivity contribution in [1.29, 1.82) is 0 Å². The summed E-state index contributed by atoms with van der Waals surface area (Å²) in [5.74, 6) is 0.0815. The van der Waals surface area contributed by atoms with Crippen molar-refractivity contribution in [3.63, 3.8) is 0 Å². The maximum absolute atomic E-state index is 13.5. The van der Waals surface area contributed by atoms with Crippen LogP contribution in [0.2, 0.25) is 0 Å². The molecular formula is C28H28N2O3. The van der Waals surface area contributed by atoms with Crippen molar-refractivity contribution in [3.8, 4) is 5.75 Å². The number of nitrogens with one attached hydrogen (secondary N) is 1. The fraction of sp³-hybridized carbons (Fsp3) is 0.214. The lowest BCUT2D eigenvalue weighted by Crippen LogP contribution is -2.32. The van der Waals surface area contributed by atoms with E-state index in [1.807, 2.05) is 93.6 Å². The Hall–Kier alpha value is -3.86. The molecule has 3 aromatic carbocycles. The van der Waals surface area contributed by atoms with Gasteiger partial charge >= 0.3 is 0 Å². The zero-order chi connectivity index (χ0) is 23.4. The van der Waals surface area contributed by atoms with E-state index in [1.165, 1.54) is 4.90 Å². The van der Waals surface area contributed by atoms with Gasteiger partial charge < -0.3 is 10.1 Å². The summed E-state index contributed by atoms with van der Waals surface area (Å²) in [6, 6.07) is 22.8. The molecule has 0 spiro atoms. The van der Waals surface area contributed by atoms with Crippen molar-refractivity contribution >= 4 is 23.1 Å².